The number of fused-ring (bicyclic) bond motifs is 4. The number of amides is 2. The average molecular weight is 485 g/mol. The zero-order valence-electron chi connectivity index (χ0n) is 20.3. The Balaban J connectivity index is 1.57. The minimum atomic E-state index is -1.32. The van der Waals surface area contributed by atoms with Crippen molar-refractivity contribution in [1.82, 2.24) is 4.90 Å². The van der Waals surface area contributed by atoms with Crippen LogP contribution >= 0.6 is 0 Å². The van der Waals surface area contributed by atoms with E-state index in [0.29, 0.717) is 18.7 Å². The van der Waals surface area contributed by atoms with Gasteiger partial charge < -0.3 is 4.74 Å². The number of hydrogen-bond donors (Lipinski definition) is 0. The van der Waals surface area contributed by atoms with E-state index < -0.39 is 29.4 Å². The number of carbonyl (C=O) groups excluding carboxylic acids is 4. The summed E-state index contributed by atoms with van der Waals surface area (Å²) in [6.07, 6.45) is 0.616. The number of carbonyl (C=O) groups is 4. The molecular weight excluding hydrogens is 456 g/mol. The SMILES string of the molecule is CCOC(=O)[C@]12C[C@H]3CC(=O)C(C)=C3CN1[C@H](c1ccccc1)[C@@H]1C(=O)N(c3ccccc3)C(=O)[C@@H]12. The molecule has 0 radical (unpaired) electrons. The highest BCUT2D eigenvalue weighted by atomic mass is 16.5. The van der Waals surface area contributed by atoms with Gasteiger partial charge in [-0.15, -0.1) is 0 Å². The normalized spacial score (nSPS) is 31.5. The number of anilines is 1. The van der Waals surface area contributed by atoms with Crippen LogP contribution < -0.4 is 4.90 Å². The molecule has 3 aliphatic heterocycles. The van der Waals surface area contributed by atoms with Crippen LogP contribution in [-0.2, 0) is 23.9 Å². The number of hydrogen-bond acceptors (Lipinski definition) is 6. The predicted molar refractivity (Wildman–Crippen MR) is 132 cm³/mol. The fourth-order valence-corrected chi connectivity index (χ4v) is 7.06. The third-order valence-electron chi connectivity index (χ3n) is 8.56. The number of para-hydroxylation sites is 1. The topological polar surface area (TPSA) is 84.0 Å². The Kier molecular flexibility index (Phi) is 5.23. The molecule has 36 heavy (non-hydrogen) atoms. The van der Waals surface area contributed by atoms with E-state index in [1.807, 2.05) is 48.2 Å². The van der Waals surface area contributed by atoms with Crippen molar-refractivity contribution in [2.75, 3.05) is 18.1 Å². The molecule has 0 spiro atoms. The molecule has 0 unspecified atom stereocenters. The molecule has 0 aromatic heterocycles. The summed E-state index contributed by atoms with van der Waals surface area (Å²) in [7, 11) is 0. The highest BCUT2D eigenvalue weighted by Gasteiger charge is 2.74. The Hall–Kier alpha value is -3.58. The monoisotopic (exact) mass is 484 g/mol. The van der Waals surface area contributed by atoms with E-state index in [1.165, 1.54) is 4.90 Å². The van der Waals surface area contributed by atoms with Crippen LogP contribution in [0.4, 0.5) is 5.69 Å². The molecule has 184 valence electrons. The Morgan fingerprint density at radius 3 is 2.33 bits per heavy atom. The first-order chi connectivity index (χ1) is 17.4. The van der Waals surface area contributed by atoms with Gasteiger partial charge in [-0.3, -0.25) is 24.1 Å². The van der Waals surface area contributed by atoms with E-state index in [0.717, 1.165) is 16.7 Å². The molecule has 2 aromatic rings. The van der Waals surface area contributed by atoms with Gasteiger partial charge in [0.25, 0.3) is 0 Å². The van der Waals surface area contributed by atoms with Gasteiger partial charge in [0.2, 0.25) is 11.8 Å². The van der Waals surface area contributed by atoms with Gasteiger partial charge >= 0.3 is 5.97 Å². The maximum absolute atomic E-state index is 14.2. The lowest BCUT2D eigenvalue weighted by atomic mass is 9.71. The van der Waals surface area contributed by atoms with Gasteiger partial charge in [0.15, 0.2) is 5.78 Å². The minimum absolute atomic E-state index is 0.0859. The molecule has 3 saturated heterocycles. The zero-order valence-corrected chi connectivity index (χ0v) is 20.3. The quantitative estimate of drug-likeness (QED) is 0.488. The van der Waals surface area contributed by atoms with Gasteiger partial charge in [0.1, 0.15) is 5.54 Å². The summed E-state index contributed by atoms with van der Waals surface area (Å²) in [5.74, 6) is -2.83. The number of rotatable bonds is 4. The Morgan fingerprint density at radius 1 is 1.00 bits per heavy atom. The second-order valence-electron chi connectivity index (χ2n) is 10.2. The summed E-state index contributed by atoms with van der Waals surface area (Å²) in [6, 6.07) is 18.0. The lowest BCUT2D eigenvalue weighted by Crippen LogP contribution is -2.62. The van der Waals surface area contributed by atoms with Crippen molar-refractivity contribution in [3.63, 3.8) is 0 Å². The van der Waals surface area contributed by atoms with Crippen LogP contribution in [-0.4, -0.2) is 47.2 Å². The molecule has 4 aliphatic rings. The molecule has 7 heteroatoms. The fraction of sp³-hybridized carbons (Fsp3) is 0.379. The number of nitrogens with zero attached hydrogens (tertiary/aromatic N) is 2. The van der Waals surface area contributed by atoms with E-state index in [4.69, 9.17) is 4.74 Å². The van der Waals surface area contributed by atoms with Gasteiger partial charge in [0, 0.05) is 19.0 Å². The number of ketones is 1. The summed E-state index contributed by atoms with van der Waals surface area (Å²) >= 11 is 0. The first-order valence-corrected chi connectivity index (χ1v) is 12.5. The van der Waals surface area contributed by atoms with Gasteiger partial charge in [-0.2, -0.15) is 0 Å². The number of ether oxygens (including phenoxy) is 1. The maximum atomic E-state index is 14.2. The van der Waals surface area contributed by atoms with Crippen molar-refractivity contribution >= 4 is 29.3 Å². The van der Waals surface area contributed by atoms with Crippen LogP contribution in [0.3, 0.4) is 0 Å². The van der Waals surface area contributed by atoms with Crippen molar-refractivity contribution in [1.29, 1.82) is 0 Å². The summed E-state index contributed by atoms with van der Waals surface area (Å²) in [6.45, 7) is 4.11. The van der Waals surface area contributed by atoms with Crippen LogP contribution in [0.25, 0.3) is 0 Å². The third-order valence-corrected chi connectivity index (χ3v) is 8.56. The molecule has 0 N–H and O–H groups in total. The van der Waals surface area contributed by atoms with Crippen molar-refractivity contribution in [3.05, 3.63) is 77.4 Å². The molecule has 2 aromatic carbocycles. The van der Waals surface area contributed by atoms with E-state index in [-0.39, 0.29) is 36.5 Å². The second-order valence-corrected chi connectivity index (χ2v) is 10.2. The molecule has 7 nitrogen and oxygen atoms in total. The first-order valence-electron chi connectivity index (χ1n) is 12.5. The van der Waals surface area contributed by atoms with Crippen LogP contribution in [0.2, 0.25) is 0 Å². The standard InChI is InChI=1S/C29H28N2O5/c1-3-36-28(35)29-15-19-14-22(32)17(2)21(19)16-30(29)25(18-10-6-4-7-11-18)23-24(29)27(34)31(26(23)33)20-12-8-5-9-13-20/h4-13,19,23-25H,3,14-16H2,1-2H3/t19-,23-,24-,25-,29-/m1/s1. The second kappa shape index (κ2) is 8.23. The van der Waals surface area contributed by atoms with Gasteiger partial charge in [-0.05, 0) is 55.0 Å². The van der Waals surface area contributed by atoms with E-state index in [9.17, 15) is 19.2 Å². The number of benzene rings is 2. The average Bonchev–Trinajstić information content (AvgIpc) is 3.44. The highest BCUT2D eigenvalue weighted by molar-refractivity contribution is 6.24. The Labute approximate surface area is 209 Å². The number of allylic oxidation sites excluding steroid dienone is 1. The van der Waals surface area contributed by atoms with Crippen LogP contribution in [0, 0.1) is 17.8 Å². The predicted octanol–water partition coefficient (Wildman–Crippen LogP) is 3.46. The summed E-state index contributed by atoms with van der Waals surface area (Å²) in [5.41, 5.74) is 1.81. The van der Waals surface area contributed by atoms with Gasteiger partial charge in [-0.1, -0.05) is 48.5 Å². The number of piperidine rings is 1. The molecule has 3 heterocycles. The largest absolute Gasteiger partial charge is 0.465 e. The minimum Gasteiger partial charge on any atom is -0.465 e. The summed E-state index contributed by atoms with van der Waals surface area (Å²) in [4.78, 5) is 58.1. The first kappa shape index (κ1) is 22.9. The van der Waals surface area contributed by atoms with Gasteiger partial charge in [0.05, 0.1) is 24.1 Å². The number of imide groups is 1. The van der Waals surface area contributed by atoms with Crippen molar-refractivity contribution in [2.45, 2.75) is 38.3 Å². The molecular formula is C29H28N2O5. The fourth-order valence-electron chi connectivity index (χ4n) is 7.06. The molecule has 3 fully saturated rings. The zero-order chi connectivity index (χ0) is 25.2. The molecule has 6 rings (SSSR count). The number of Topliss-reactive ketones (excluding diaryl/α,β-unsaturated/α-hetero) is 1. The van der Waals surface area contributed by atoms with Crippen molar-refractivity contribution in [2.24, 2.45) is 17.8 Å². The summed E-state index contributed by atoms with van der Waals surface area (Å²) < 4.78 is 5.64. The van der Waals surface area contributed by atoms with Crippen LogP contribution in [0.5, 0.6) is 0 Å². The Bertz CT molecular complexity index is 1300. The van der Waals surface area contributed by atoms with Crippen LogP contribution in [0.15, 0.2) is 71.8 Å². The lowest BCUT2D eigenvalue weighted by Gasteiger charge is -2.47. The van der Waals surface area contributed by atoms with Crippen molar-refractivity contribution in [3.8, 4) is 0 Å². The summed E-state index contributed by atoms with van der Waals surface area (Å²) in [5, 5.41) is 0. The number of esters is 1. The molecule has 0 bridgehead atoms. The van der Waals surface area contributed by atoms with Crippen LogP contribution in [0.1, 0.15) is 38.3 Å². The highest BCUT2D eigenvalue weighted by Crippen LogP contribution is 2.61. The van der Waals surface area contributed by atoms with E-state index >= 15 is 0 Å². The third kappa shape index (κ3) is 2.95. The molecule has 2 amide bonds. The Morgan fingerprint density at radius 2 is 1.67 bits per heavy atom. The molecule has 0 saturated carbocycles. The molecule has 5 atom stereocenters. The smallest absolute Gasteiger partial charge is 0.327 e. The van der Waals surface area contributed by atoms with Crippen molar-refractivity contribution < 1.29 is 23.9 Å². The lowest BCUT2D eigenvalue weighted by molar-refractivity contribution is -0.164. The maximum Gasteiger partial charge on any atom is 0.327 e. The molecule has 1 aliphatic carbocycles. The van der Waals surface area contributed by atoms with E-state index in [1.54, 1.807) is 31.2 Å². The van der Waals surface area contributed by atoms with E-state index in [2.05, 4.69) is 0 Å². The van der Waals surface area contributed by atoms with Gasteiger partial charge in [-0.25, -0.2) is 4.90 Å².